The summed E-state index contributed by atoms with van der Waals surface area (Å²) >= 11 is 0.875. The summed E-state index contributed by atoms with van der Waals surface area (Å²) in [5, 5.41) is 0. The lowest BCUT2D eigenvalue weighted by Gasteiger charge is -2.05. The molecule has 134 valence electrons. The van der Waals surface area contributed by atoms with Gasteiger partial charge in [-0.25, -0.2) is 13.8 Å². The molecule has 0 atom stereocenters. The average molecular weight is 378 g/mol. The van der Waals surface area contributed by atoms with Gasteiger partial charge in [-0.3, -0.25) is 14.6 Å². The molecule has 0 aliphatic rings. The third-order valence-electron chi connectivity index (χ3n) is 3.27. The molecule has 1 amide bonds. The Kier molecular flexibility index (Phi) is 5.12. The zero-order valence-electron chi connectivity index (χ0n) is 13.5. The normalized spacial score (nSPS) is 11.7. The minimum Gasteiger partial charge on any atom is -0.465 e. The second-order valence-electron chi connectivity index (χ2n) is 5.02. The Labute approximate surface area is 149 Å². The molecule has 2 aromatic heterocycles. The molecule has 0 saturated heterocycles. The summed E-state index contributed by atoms with van der Waals surface area (Å²) in [6.45, 7) is 1.40. The van der Waals surface area contributed by atoms with Crippen LogP contribution >= 0.6 is 11.3 Å². The fraction of sp³-hybridized carbons (Fsp3) is 0.188. The molecule has 0 saturated carbocycles. The molecule has 10 heteroatoms. The number of carbonyl (C=O) groups is 2. The SMILES string of the molecule is CCOC(=O)Cn1c(=NC(=O)c2cnccn2)sc2cc(F)cc(F)c21. The first kappa shape index (κ1) is 17.8. The Hall–Kier alpha value is -3.01. The maximum Gasteiger partial charge on any atom is 0.326 e. The lowest BCUT2D eigenvalue weighted by atomic mass is 10.3. The van der Waals surface area contributed by atoms with Crippen LogP contribution in [0.15, 0.2) is 35.7 Å². The number of amides is 1. The minimum absolute atomic E-state index is 0.0145. The number of nitrogens with zero attached hydrogens (tertiary/aromatic N) is 4. The van der Waals surface area contributed by atoms with Crippen LogP contribution in [0.1, 0.15) is 17.4 Å². The van der Waals surface area contributed by atoms with Gasteiger partial charge < -0.3 is 9.30 Å². The third-order valence-corrected chi connectivity index (χ3v) is 4.29. The molecule has 2 heterocycles. The van der Waals surface area contributed by atoms with E-state index in [1.165, 1.54) is 23.2 Å². The number of rotatable bonds is 4. The standard InChI is InChI=1S/C16H12F2N4O3S/c1-2-25-13(23)8-22-14-10(18)5-9(17)6-12(14)26-16(22)21-15(24)11-7-19-3-4-20-11/h3-7H,2,8H2,1H3. The Morgan fingerprint density at radius 3 is 2.81 bits per heavy atom. The average Bonchev–Trinajstić information content (AvgIpc) is 2.93. The molecule has 3 aromatic rings. The quantitative estimate of drug-likeness (QED) is 0.649. The van der Waals surface area contributed by atoms with Gasteiger partial charge in [-0.1, -0.05) is 11.3 Å². The minimum atomic E-state index is -0.867. The molecule has 26 heavy (non-hydrogen) atoms. The number of fused-ring (bicyclic) bond motifs is 1. The van der Waals surface area contributed by atoms with E-state index in [1.807, 2.05) is 0 Å². The number of thiazole rings is 1. The summed E-state index contributed by atoms with van der Waals surface area (Å²) in [4.78, 5) is 35.6. The number of carbonyl (C=O) groups excluding carboxylic acids is 2. The molecule has 0 spiro atoms. The van der Waals surface area contributed by atoms with Gasteiger partial charge in [0.05, 0.1) is 23.0 Å². The molecular weight excluding hydrogens is 366 g/mol. The maximum atomic E-state index is 14.3. The van der Waals surface area contributed by atoms with Crippen LogP contribution in [0.5, 0.6) is 0 Å². The van der Waals surface area contributed by atoms with Crippen LogP contribution in [0.25, 0.3) is 10.2 Å². The van der Waals surface area contributed by atoms with E-state index in [2.05, 4.69) is 15.0 Å². The molecule has 0 fully saturated rings. The zero-order chi connectivity index (χ0) is 18.7. The molecule has 0 aliphatic heterocycles. The van der Waals surface area contributed by atoms with E-state index in [-0.39, 0.29) is 33.9 Å². The van der Waals surface area contributed by atoms with E-state index in [0.29, 0.717) is 6.07 Å². The molecule has 0 aliphatic carbocycles. The van der Waals surface area contributed by atoms with Gasteiger partial charge in [0.25, 0.3) is 5.91 Å². The van der Waals surface area contributed by atoms with Crippen molar-refractivity contribution in [2.24, 2.45) is 4.99 Å². The second kappa shape index (κ2) is 7.48. The highest BCUT2D eigenvalue weighted by molar-refractivity contribution is 7.16. The van der Waals surface area contributed by atoms with Crippen LogP contribution in [0.2, 0.25) is 0 Å². The molecule has 0 unspecified atom stereocenters. The van der Waals surface area contributed by atoms with E-state index in [9.17, 15) is 18.4 Å². The summed E-state index contributed by atoms with van der Waals surface area (Å²) in [6, 6.07) is 1.81. The van der Waals surface area contributed by atoms with Crippen molar-refractivity contribution in [1.82, 2.24) is 14.5 Å². The number of esters is 1. The van der Waals surface area contributed by atoms with Crippen LogP contribution in [-0.2, 0) is 16.1 Å². The molecule has 0 bridgehead atoms. The number of hydrogen-bond donors (Lipinski definition) is 0. The maximum absolute atomic E-state index is 14.3. The van der Waals surface area contributed by atoms with Gasteiger partial charge >= 0.3 is 5.97 Å². The first-order valence-corrected chi connectivity index (χ1v) is 8.30. The Balaban J connectivity index is 2.17. The van der Waals surface area contributed by atoms with Crippen LogP contribution in [0, 0.1) is 11.6 Å². The first-order chi connectivity index (χ1) is 12.5. The number of halogens is 2. The molecule has 3 rings (SSSR count). The van der Waals surface area contributed by atoms with Crippen LogP contribution in [0.3, 0.4) is 0 Å². The first-order valence-electron chi connectivity index (χ1n) is 7.48. The Morgan fingerprint density at radius 1 is 1.31 bits per heavy atom. The Morgan fingerprint density at radius 2 is 2.12 bits per heavy atom. The summed E-state index contributed by atoms with van der Waals surface area (Å²) in [5.74, 6) is -2.99. The number of benzene rings is 1. The summed E-state index contributed by atoms with van der Waals surface area (Å²) in [7, 11) is 0. The number of hydrogen-bond acceptors (Lipinski definition) is 6. The van der Waals surface area contributed by atoms with E-state index in [1.54, 1.807) is 6.92 Å². The number of aromatic nitrogens is 3. The third kappa shape index (κ3) is 3.64. The van der Waals surface area contributed by atoms with Gasteiger partial charge in [-0.05, 0) is 13.0 Å². The lowest BCUT2D eigenvalue weighted by molar-refractivity contribution is -0.143. The summed E-state index contributed by atoms with van der Waals surface area (Å²) < 4.78 is 34.0. The van der Waals surface area contributed by atoms with Gasteiger partial charge in [0.1, 0.15) is 18.1 Å². The summed E-state index contributed by atoms with van der Waals surface area (Å²) in [5.41, 5.74) is -0.0468. The highest BCUT2D eigenvalue weighted by Crippen LogP contribution is 2.22. The van der Waals surface area contributed by atoms with Crippen molar-refractivity contribution in [1.29, 1.82) is 0 Å². The van der Waals surface area contributed by atoms with Gasteiger partial charge in [-0.2, -0.15) is 4.99 Å². The van der Waals surface area contributed by atoms with Crippen LogP contribution in [0.4, 0.5) is 8.78 Å². The van der Waals surface area contributed by atoms with Gasteiger partial charge in [-0.15, -0.1) is 0 Å². The van der Waals surface area contributed by atoms with Crippen molar-refractivity contribution < 1.29 is 23.1 Å². The monoisotopic (exact) mass is 378 g/mol. The van der Waals surface area contributed by atoms with Crippen molar-refractivity contribution in [2.75, 3.05) is 6.61 Å². The van der Waals surface area contributed by atoms with Crippen molar-refractivity contribution in [2.45, 2.75) is 13.5 Å². The van der Waals surface area contributed by atoms with Crippen molar-refractivity contribution in [3.63, 3.8) is 0 Å². The lowest BCUT2D eigenvalue weighted by Crippen LogP contribution is -2.23. The van der Waals surface area contributed by atoms with E-state index in [4.69, 9.17) is 4.74 Å². The van der Waals surface area contributed by atoms with Crippen LogP contribution in [-0.4, -0.2) is 33.0 Å². The van der Waals surface area contributed by atoms with Crippen molar-refractivity contribution >= 4 is 33.4 Å². The Bertz CT molecular complexity index is 1050. The topological polar surface area (TPSA) is 86.4 Å². The zero-order valence-corrected chi connectivity index (χ0v) is 14.3. The number of ether oxygens (including phenoxy) is 1. The van der Waals surface area contributed by atoms with Crippen molar-refractivity contribution in [3.05, 3.63) is 52.9 Å². The molecule has 0 N–H and O–H groups in total. The van der Waals surface area contributed by atoms with Crippen molar-refractivity contribution in [3.8, 4) is 0 Å². The predicted octanol–water partition coefficient (Wildman–Crippen LogP) is 2.08. The fourth-order valence-corrected chi connectivity index (χ4v) is 3.32. The van der Waals surface area contributed by atoms with Gasteiger partial charge in [0.2, 0.25) is 0 Å². The van der Waals surface area contributed by atoms with Gasteiger partial charge in [0.15, 0.2) is 10.6 Å². The summed E-state index contributed by atoms with van der Waals surface area (Å²) in [6.07, 6.45) is 3.96. The highest BCUT2D eigenvalue weighted by atomic mass is 32.1. The van der Waals surface area contributed by atoms with Crippen LogP contribution < -0.4 is 4.80 Å². The molecular formula is C16H12F2N4O3S. The molecule has 1 aromatic carbocycles. The molecule has 0 radical (unpaired) electrons. The smallest absolute Gasteiger partial charge is 0.326 e. The van der Waals surface area contributed by atoms with E-state index < -0.39 is 23.5 Å². The fourth-order valence-electron chi connectivity index (χ4n) is 2.25. The highest BCUT2D eigenvalue weighted by Gasteiger charge is 2.17. The second-order valence-corrected chi connectivity index (χ2v) is 6.03. The molecule has 7 nitrogen and oxygen atoms in total. The predicted molar refractivity (Wildman–Crippen MR) is 88.3 cm³/mol. The van der Waals surface area contributed by atoms with E-state index >= 15 is 0 Å². The largest absolute Gasteiger partial charge is 0.465 e. The van der Waals surface area contributed by atoms with E-state index in [0.717, 1.165) is 17.4 Å². The van der Waals surface area contributed by atoms with Gasteiger partial charge in [0, 0.05) is 18.5 Å².